The third-order valence-corrected chi connectivity index (χ3v) is 3.31. The highest BCUT2D eigenvalue weighted by Crippen LogP contribution is 2.20. The van der Waals surface area contributed by atoms with E-state index in [1.54, 1.807) is 6.07 Å². The summed E-state index contributed by atoms with van der Waals surface area (Å²) in [5.74, 6) is -1.94. The van der Waals surface area contributed by atoms with Crippen LogP contribution in [0.25, 0.3) is 0 Å². The van der Waals surface area contributed by atoms with E-state index in [4.69, 9.17) is 11.6 Å². The van der Waals surface area contributed by atoms with Gasteiger partial charge in [-0.3, -0.25) is 0 Å². The third-order valence-electron chi connectivity index (χ3n) is 3.00. The molecule has 1 unspecified atom stereocenters. The Kier molecular flexibility index (Phi) is 5.22. The first-order valence-corrected chi connectivity index (χ1v) is 6.61. The minimum Gasteiger partial charge on any atom is -0.394 e. The molecule has 0 aromatic heterocycles. The number of hydrogen-bond acceptors (Lipinski definition) is 2. The van der Waals surface area contributed by atoms with Gasteiger partial charge in [0.1, 0.15) is 17.5 Å². The van der Waals surface area contributed by atoms with Gasteiger partial charge in [0.05, 0.1) is 17.7 Å². The zero-order valence-corrected chi connectivity index (χ0v) is 11.7. The van der Waals surface area contributed by atoms with Crippen molar-refractivity contribution >= 4 is 11.6 Å². The molecule has 0 radical (unpaired) electrons. The molecule has 2 rings (SSSR count). The maximum atomic E-state index is 13.4. The van der Waals surface area contributed by atoms with Crippen molar-refractivity contribution in [3.8, 4) is 0 Å². The zero-order valence-electron chi connectivity index (χ0n) is 10.9. The minimum atomic E-state index is -0.676. The first-order valence-electron chi connectivity index (χ1n) is 6.23. The van der Waals surface area contributed by atoms with Crippen LogP contribution in [0.4, 0.5) is 13.2 Å². The minimum absolute atomic E-state index is 0.0114. The van der Waals surface area contributed by atoms with Crippen LogP contribution in [-0.2, 0) is 6.54 Å². The van der Waals surface area contributed by atoms with Crippen LogP contribution in [0.1, 0.15) is 17.2 Å². The quantitative estimate of drug-likeness (QED) is 0.884. The van der Waals surface area contributed by atoms with Gasteiger partial charge in [-0.15, -0.1) is 0 Å². The highest BCUT2D eigenvalue weighted by molar-refractivity contribution is 6.30. The predicted molar refractivity (Wildman–Crippen MR) is 74.4 cm³/mol. The lowest BCUT2D eigenvalue weighted by Crippen LogP contribution is -2.24. The van der Waals surface area contributed by atoms with E-state index in [2.05, 4.69) is 5.32 Å². The fraction of sp³-hybridized carbons (Fsp3) is 0.200. The SMILES string of the molecule is OCC(NCc1cc(F)cc(F)c1)c1ccc(Cl)c(F)c1. The topological polar surface area (TPSA) is 32.3 Å². The van der Waals surface area contributed by atoms with Gasteiger partial charge >= 0.3 is 0 Å². The van der Waals surface area contributed by atoms with E-state index in [0.717, 1.165) is 6.07 Å². The van der Waals surface area contributed by atoms with Crippen LogP contribution in [0.2, 0.25) is 5.02 Å². The second kappa shape index (κ2) is 6.93. The molecule has 6 heteroatoms. The number of nitrogens with one attached hydrogen (secondary N) is 1. The molecule has 0 fully saturated rings. The summed E-state index contributed by atoms with van der Waals surface area (Å²) in [5.41, 5.74) is 0.886. The van der Waals surface area contributed by atoms with E-state index in [1.165, 1.54) is 24.3 Å². The standard InChI is InChI=1S/C15H13ClF3NO/c16-13-2-1-10(5-14(13)19)15(8-21)20-7-9-3-11(17)6-12(18)4-9/h1-6,15,20-21H,7-8H2. The van der Waals surface area contributed by atoms with E-state index >= 15 is 0 Å². The monoisotopic (exact) mass is 315 g/mol. The molecule has 0 aliphatic carbocycles. The number of benzene rings is 2. The summed E-state index contributed by atoms with van der Waals surface area (Å²) in [7, 11) is 0. The van der Waals surface area contributed by atoms with Gasteiger partial charge < -0.3 is 10.4 Å². The molecule has 0 aliphatic rings. The molecule has 0 bridgehead atoms. The van der Waals surface area contributed by atoms with Gasteiger partial charge in [-0.25, -0.2) is 13.2 Å². The molecule has 0 spiro atoms. The van der Waals surface area contributed by atoms with E-state index in [0.29, 0.717) is 11.1 Å². The molecular weight excluding hydrogens is 303 g/mol. The van der Waals surface area contributed by atoms with E-state index < -0.39 is 23.5 Å². The van der Waals surface area contributed by atoms with Crippen molar-refractivity contribution in [3.63, 3.8) is 0 Å². The van der Waals surface area contributed by atoms with Gasteiger partial charge in [0.15, 0.2) is 0 Å². The second-order valence-corrected chi connectivity index (χ2v) is 4.97. The fourth-order valence-corrected chi connectivity index (χ4v) is 2.09. The van der Waals surface area contributed by atoms with Crippen molar-refractivity contribution in [1.82, 2.24) is 5.32 Å². The number of rotatable bonds is 5. The average molecular weight is 316 g/mol. The summed E-state index contributed by atoms with van der Waals surface area (Å²) >= 11 is 5.60. The normalized spacial score (nSPS) is 12.4. The smallest absolute Gasteiger partial charge is 0.142 e. The molecule has 1 atom stereocenters. The molecule has 2 N–H and O–H groups in total. The van der Waals surface area contributed by atoms with Crippen molar-refractivity contribution in [2.24, 2.45) is 0 Å². The van der Waals surface area contributed by atoms with E-state index in [9.17, 15) is 18.3 Å². The van der Waals surface area contributed by atoms with Gasteiger partial charge in [-0.2, -0.15) is 0 Å². The summed E-state index contributed by atoms with van der Waals surface area (Å²) < 4.78 is 39.6. The van der Waals surface area contributed by atoms with Gasteiger partial charge in [0.25, 0.3) is 0 Å². The Morgan fingerprint density at radius 3 is 2.29 bits per heavy atom. The van der Waals surface area contributed by atoms with Crippen LogP contribution in [-0.4, -0.2) is 11.7 Å². The molecule has 0 amide bonds. The molecule has 0 saturated carbocycles. The van der Waals surface area contributed by atoms with Crippen molar-refractivity contribution in [2.75, 3.05) is 6.61 Å². The highest BCUT2D eigenvalue weighted by atomic mass is 35.5. The summed E-state index contributed by atoms with van der Waals surface area (Å²) in [6, 6.07) is 6.76. The van der Waals surface area contributed by atoms with Gasteiger partial charge in [-0.05, 0) is 35.4 Å². The fourth-order valence-electron chi connectivity index (χ4n) is 1.97. The molecule has 2 aromatic carbocycles. The maximum absolute atomic E-state index is 13.4. The van der Waals surface area contributed by atoms with E-state index in [1.807, 2.05) is 0 Å². The van der Waals surface area contributed by atoms with Crippen molar-refractivity contribution in [3.05, 3.63) is 70.0 Å². The molecule has 0 aliphatic heterocycles. The first-order chi connectivity index (χ1) is 9.99. The Balaban J connectivity index is 2.10. The lowest BCUT2D eigenvalue weighted by molar-refractivity contribution is 0.243. The van der Waals surface area contributed by atoms with E-state index in [-0.39, 0.29) is 18.2 Å². The average Bonchev–Trinajstić information content (AvgIpc) is 2.42. The van der Waals surface area contributed by atoms with Crippen LogP contribution in [0.5, 0.6) is 0 Å². The Bertz CT molecular complexity index is 616. The molecule has 112 valence electrons. The molecule has 0 heterocycles. The highest BCUT2D eigenvalue weighted by Gasteiger charge is 2.12. The van der Waals surface area contributed by atoms with Crippen molar-refractivity contribution < 1.29 is 18.3 Å². The number of aliphatic hydroxyl groups excluding tert-OH is 1. The molecule has 0 saturated heterocycles. The molecule has 2 aromatic rings. The Morgan fingerprint density at radius 1 is 1.05 bits per heavy atom. The number of halogens is 4. The Morgan fingerprint density at radius 2 is 1.71 bits per heavy atom. The predicted octanol–water partition coefficient (Wildman–Crippen LogP) is 3.58. The first kappa shape index (κ1) is 15.8. The molecule has 2 nitrogen and oxygen atoms in total. The maximum Gasteiger partial charge on any atom is 0.142 e. The summed E-state index contributed by atoms with van der Waals surface area (Å²) in [5, 5.41) is 12.3. The van der Waals surface area contributed by atoms with Crippen LogP contribution in [0.15, 0.2) is 36.4 Å². The summed E-state index contributed by atoms with van der Waals surface area (Å²) in [6.07, 6.45) is 0. The van der Waals surface area contributed by atoms with Gasteiger partial charge in [-0.1, -0.05) is 17.7 Å². The Hall–Kier alpha value is -1.56. The van der Waals surface area contributed by atoms with Crippen LogP contribution in [0, 0.1) is 17.5 Å². The third kappa shape index (κ3) is 4.20. The lowest BCUT2D eigenvalue weighted by atomic mass is 10.1. The largest absolute Gasteiger partial charge is 0.394 e. The van der Waals surface area contributed by atoms with Crippen LogP contribution in [0.3, 0.4) is 0 Å². The van der Waals surface area contributed by atoms with Crippen LogP contribution >= 0.6 is 11.6 Å². The molecule has 21 heavy (non-hydrogen) atoms. The van der Waals surface area contributed by atoms with Gasteiger partial charge in [0, 0.05) is 12.6 Å². The zero-order chi connectivity index (χ0) is 15.4. The van der Waals surface area contributed by atoms with Crippen molar-refractivity contribution in [1.29, 1.82) is 0 Å². The second-order valence-electron chi connectivity index (χ2n) is 4.57. The molecular formula is C15H13ClF3NO. The summed E-state index contributed by atoms with van der Waals surface area (Å²) in [6.45, 7) is -0.164. The summed E-state index contributed by atoms with van der Waals surface area (Å²) in [4.78, 5) is 0. The van der Waals surface area contributed by atoms with Crippen molar-refractivity contribution in [2.45, 2.75) is 12.6 Å². The number of hydrogen-bond donors (Lipinski definition) is 2. The van der Waals surface area contributed by atoms with Gasteiger partial charge in [0.2, 0.25) is 0 Å². The number of aliphatic hydroxyl groups is 1. The van der Waals surface area contributed by atoms with Crippen LogP contribution < -0.4 is 5.32 Å². The lowest BCUT2D eigenvalue weighted by Gasteiger charge is -2.17. The Labute approximate surface area is 125 Å².